The van der Waals surface area contributed by atoms with Gasteiger partial charge < -0.3 is 4.42 Å². The Kier molecular flexibility index (Phi) is 3.79. The molecule has 2 heterocycles. The Bertz CT molecular complexity index is 695. The third kappa shape index (κ3) is 2.88. The summed E-state index contributed by atoms with van der Waals surface area (Å²) in [6.45, 7) is 3.95. The average molecular weight is 304 g/mol. The Morgan fingerprint density at radius 3 is 2.60 bits per heavy atom. The maximum Gasteiger partial charge on any atom is 0.247 e. The Morgan fingerprint density at radius 2 is 1.90 bits per heavy atom. The number of thioether (sulfide) groups is 1. The molecule has 3 rings (SSSR count). The molecule has 0 radical (unpaired) electrons. The normalized spacial score (nSPS) is 12.5. The summed E-state index contributed by atoms with van der Waals surface area (Å²) in [4.78, 5) is 0. The lowest BCUT2D eigenvalue weighted by Crippen LogP contribution is -1.88. The second-order valence-electron chi connectivity index (χ2n) is 4.16. The fourth-order valence-corrected chi connectivity index (χ4v) is 3.61. The number of rotatable bonds is 4. The largest absolute Gasteiger partial charge is 0.419 e. The summed E-state index contributed by atoms with van der Waals surface area (Å²) in [7, 11) is 0. The van der Waals surface area contributed by atoms with Crippen molar-refractivity contribution in [2.45, 2.75) is 23.4 Å². The van der Waals surface area contributed by atoms with Crippen LogP contribution in [0.3, 0.4) is 0 Å². The molecule has 0 aliphatic carbocycles. The predicted molar refractivity (Wildman–Crippen MR) is 78.7 cm³/mol. The van der Waals surface area contributed by atoms with Crippen molar-refractivity contribution in [2.75, 3.05) is 0 Å². The Labute approximate surface area is 124 Å². The van der Waals surface area contributed by atoms with Crippen LogP contribution in [0.4, 0.5) is 0 Å². The van der Waals surface area contributed by atoms with Gasteiger partial charge in [-0.3, -0.25) is 0 Å². The van der Waals surface area contributed by atoms with Crippen LogP contribution < -0.4 is 0 Å². The van der Waals surface area contributed by atoms with Crippen molar-refractivity contribution in [3.05, 3.63) is 41.2 Å². The number of benzene rings is 1. The van der Waals surface area contributed by atoms with E-state index in [-0.39, 0.29) is 5.25 Å². The number of hydrogen-bond acceptors (Lipinski definition) is 7. The van der Waals surface area contributed by atoms with E-state index in [0.717, 1.165) is 14.9 Å². The van der Waals surface area contributed by atoms with E-state index in [9.17, 15) is 0 Å². The molecule has 0 aliphatic rings. The Hall–Kier alpha value is -1.73. The first-order chi connectivity index (χ1) is 9.72. The average Bonchev–Trinajstić information content (AvgIpc) is 3.09. The van der Waals surface area contributed by atoms with Crippen LogP contribution in [-0.4, -0.2) is 20.4 Å². The van der Waals surface area contributed by atoms with Gasteiger partial charge in [-0.2, -0.15) is 0 Å². The van der Waals surface area contributed by atoms with E-state index in [2.05, 4.69) is 20.4 Å². The van der Waals surface area contributed by atoms with Crippen LogP contribution in [0.2, 0.25) is 0 Å². The van der Waals surface area contributed by atoms with Gasteiger partial charge in [-0.1, -0.05) is 41.3 Å². The topological polar surface area (TPSA) is 64.7 Å². The van der Waals surface area contributed by atoms with E-state index < -0.39 is 0 Å². The number of aromatic nitrogens is 4. The molecule has 102 valence electrons. The standard InChI is InChI=1S/C13H12N4OS2/c1-8(19-13-17-14-9(2)20-13)11-15-16-12(18-11)10-6-4-3-5-7-10/h3-8H,1-2H3/t8-/m1/s1. The molecule has 7 heteroatoms. The monoisotopic (exact) mass is 304 g/mol. The van der Waals surface area contributed by atoms with Gasteiger partial charge in [0.25, 0.3) is 0 Å². The first kappa shape index (κ1) is 13.3. The molecule has 2 aromatic heterocycles. The van der Waals surface area contributed by atoms with Crippen LogP contribution in [0.15, 0.2) is 39.1 Å². The van der Waals surface area contributed by atoms with Gasteiger partial charge in [0.1, 0.15) is 5.01 Å². The van der Waals surface area contributed by atoms with E-state index in [0.29, 0.717) is 11.8 Å². The van der Waals surface area contributed by atoms with Gasteiger partial charge >= 0.3 is 0 Å². The fraction of sp³-hybridized carbons (Fsp3) is 0.231. The molecular formula is C13H12N4OS2. The summed E-state index contributed by atoms with van der Waals surface area (Å²) in [5.41, 5.74) is 0.926. The summed E-state index contributed by atoms with van der Waals surface area (Å²) in [6.07, 6.45) is 0. The maximum atomic E-state index is 5.72. The van der Waals surface area contributed by atoms with Crippen molar-refractivity contribution in [3.8, 4) is 11.5 Å². The van der Waals surface area contributed by atoms with E-state index in [4.69, 9.17) is 4.42 Å². The molecule has 1 atom stereocenters. The minimum absolute atomic E-state index is 0.0484. The van der Waals surface area contributed by atoms with Crippen LogP contribution in [0.25, 0.3) is 11.5 Å². The molecule has 0 fully saturated rings. The van der Waals surface area contributed by atoms with Crippen molar-refractivity contribution in [1.82, 2.24) is 20.4 Å². The van der Waals surface area contributed by atoms with Crippen molar-refractivity contribution < 1.29 is 4.42 Å². The van der Waals surface area contributed by atoms with Crippen LogP contribution >= 0.6 is 23.1 Å². The van der Waals surface area contributed by atoms with Gasteiger partial charge in [-0.05, 0) is 26.0 Å². The van der Waals surface area contributed by atoms with E-state index in [1.165, 1.54) is 0 Å². The van der Waals surface area contributed by atoms with E-state index >= 15 is 0 Å². The van der Waals surface area contributed by atoms with Gasteiger partial charge in [0.2, 0.25) is 11.8 Å². The summed E-state index contributed by atoms with van der Waals surface area (Å²) < 4.78 is 6.64. The zero-order valence-corrected chi connectivity index (χ0v) is 12.6. The number of nitrogens with zero attached hydrogens (tertiary/aromatic N) is 4. The van der Waals surface area contributed by atoms with Crippen molar-refractivity contribution in [3.63, 3.8) is 0 Å². The smallest absolute Gasteiger partial charge is 0.247 e. The highest BCUT2D eigenvalue weighted by molar-refractivity contribution is 8.01. The van der Waals surface area contributed by atoms with Crippen LogP contribution in [0.5, 0.6) is 0 Å². The molecule has 1 aromatic carbocycles. The number of hydrogen-bond donors (Lipinski definition) is 0. The number of aryl methyl sites for hydroxylation is 1. The molecule has 0 N–H and O–H groups in total. The highest BCUT2D eigenvalue weighted by Crippen LogP contribution is 2.36. The zero-order chi connectivity index (χ0) is 13.9. The quantitative estimate of drug-likeness (QED) is 0.684. The van der Waals surface area contributed by atoms with E-state index in [1.54, 1.807) is 23.1 Å². The Balaban J connectivity index is 1.76. The Morgan fingerprint density at radius 1 is 1.10 bits per heavy atom. The maximum absolute atomic E-state index is 5.72. The molecule has 0 unspecified atom stereocenters. The predicted octanol–water partition coefficient (Wildman–Crippen LogP) is 3.75. The second kappa shape index (κ2) is 5.72. The fourth-order valence-electron chi connectivity index (χ4n) is 1.62. The van der Waals surface area contributed by atoms with Gasteiger partial charge in [0.05, 0.1) is 5.25 Å². The molecule has 0 spiro atoms. The molecule has 5 nitrogen and oxygen atoms in total. The van der Waals surface area contributed by atoms with Crippen LogP contribution in [-0.2, 0) is 0 Å². The highest BCUT2D eigenvalue weighted by atomic mass is 32.2. The van der Waals surface area contributed by atoms with Crippen LogP contribution in [0, 0.1) is 6.92 Å². The van der Waals surface area contributed by atoms with Crippen LogP contribution in [0.1, 0.15) is 23.1 Å². The van der Waals surface area contributed by atoms with Crippen molar-refractivity contribution >= 4 is 23.1 Å². The first-order valence-electron chi connectivity index (χ1n) is 6.08. The second-order valence-corrected chi connectivity index (χ2v) is 6.93. The lowest BCUT2D eigenvalue weighted by atomic mass is 10.2. The lowest BCUT2D eigenvalue weighted by Gasteiger charge is -2.02. The molecular weight excluding hydrogens is 292 g/mol. The summed E-state index contributed by atoms with van der Waals surface area (Å²) >= 11 is 3.14. The summed E-state index contributed by atoms with van der Waals surface area (Å²) in [5, 5.41) is 17.3. The van der Waals surface area contributed by atoms with Gasteiger partial charge in [-0.15, -0.1) is 20.4 Å². The van der Waals surface area contributed by atoms with Crippen molar-refractivity contribution in [2.24, 2.45) is 0 Å². The molecule has 20 heavy (non-hydrogen) atoms. The lowest BCUT2D eigenvalue weighted by molar-refractivity contribution is 0.509. The highest BCUT2D eigenvalue weighted by Gasteiger charge is 2.17. The third-order valence-corrected chi connectivity index (χ3v) is 4.60. The summed E-state index contributed by atoms with van der Waals surface area (Å²) in [5.74, 6) is 1.14. The van der Waals surface area contributed by atoms with Crippen molar-refractivity contribution in [1.29, 1.82) is 0 Å². The SMILES string of the molecule is Cc1nnc(S[C@H](C)c2nnc(-c3ccccc3)o2)s1. The molecule has 0 saturated carbocycles. The summed E-state index contributed by atoms with van der Waals surface area (Å²) in [6, 6.07) is 9.74. The minimum Gasteiger partial charge on any atom is -0.419 e. The molecule has 0 amide bonds. The molecule has 3 aromatic rings. The van der Waals surface area contributed by atoms with E-state index in [1.807, 2.05) is 44.2 Å². The third-order valence-electron chi connectivity index (χ3n) is 2.59. The minimum atomic E-state index is 0.0484. The van der Waals surface area contributed by atoms with Gasteiger partial charge in [0, 0.05) is 5.56 Å². The molecule has 0 bridgehead atoms. The van der Waals surface area contributed by atoms with Gasteiger partial charge in [-0.25, -0.2) is 0 Å². The van der Waals surface area contributed by atoms with Gasteiger partial charge in [0.15, 0.2) is 4.34 Å². The molecule has 0 aliphatic heterocycles. The zero-order valence-electron chi connectivity index (χ0n) is 11.0. The molecule has 0 saturated heterocycles. The first-order valence-corrected chi connectivity index (χ1v) is 7.77.